The van der Waals surface area contributed by atoms with Gasteiger partial charge in [-0.3, -0.25) is 19.7 Å². The molecule has 2 aromatic rings. The number of nitrogens with zero attached hydrogens (tertiary/aromatic N) is 3. The molecule has 1 aromatic heterocycles. The van der Waals surface area contributed by atoms with Crippen molar-refractivity contribution in [1.82, 2.24) is 15.2 Å². The Morgan fingerprint density at radius 2 is 2.25 bits per heavy atom. The number of anilines is 2. The molecule has 3 rings (SSSR count). The molecule has 0 radical (unpaired) electrons. The molecule has 2 N–H and O–H groups in total. The number of ether oxygens (including phenoxy) is 1. The molecule has 9 heteroatoms. The highest BCUT2D eigenvalue weighted by atomic mass is 16.5. The van der Waals surface area contributed by atoms with E-state index in [-0.39, 0.29) is 43.1 Å². The van der Waals surface area contributed by atoms with Crippen molar-refractivity contribution >= 4 is 29.2 Å². The first-order valence-electron chi connectivity index (χ1n) is 7.28. The van der Waals surface area contributed by atoms with Crippen LogP contribution in [0.15, 0.2) is 24.5 Å². The summed E-state index contributed by atoms with van der Waals surface area (Å²) in [5.74, 6) is 0.0626. The summed E-state index contributed by atoms with van der Waals surface area (Å²) in [5, 5.41) is 8.69. The zero-order chi connectivity index (χ0) is 17.1. The molecule has 0 spiro atoms. The number of carbonyl (C=O) groups excluding carboxylic acids is 3. The van der Waals surface area contributed by atoms with Crippen molar-refractivity contribution < 1.29 is 19.1 Å². The van der Waals surface area contributed by atoms with Gasteiger partial charge in [0.1, 0.15) is 12.1 Å². The van der Waals surface area contributed by atoms with Crippen LogP contribution in [-0.4, -0.2) is 45.9 Å². The molecule has 0 saturated carbocycles. The smallest absolute Gasteiger partial charge is 0.265 e. The van der Waals surface area contributed by atoms with Gasteiger partial charge < -0.3 is 9.64 Å². The lowest BCUT2D eigenvalue weighted by molar-refractivity contribution is -0.121. The number of Topliss-reactive ketones (excluding diaryl/α,β-unsaturated/α-hetero) is 1. The van der Waals surface area contributed by atoms with Crippen LogP contribution in [0, 0.1) is 0 Å². The highest BCUT2D eigenvalue weighted by Crippen LogP contribution is 2.33. The van der Waals surface area contributed by atoms with Crippen LogP contribution in [0.25, 0.3) is 0 Å². The van der Waals surface area contributed by atoms with E-state index in [1.54, 1.807) is 18.2 Å². The van der Waals surface area contributed by atoms with E-state index in [0.717, 1.165) is 0 Å². The summed E-state index contributed by atoms with van der Waals surface area (Å²) in [6.07, 6.45) is 1.34. The van der Waals surface area contributed by atoms with Gasteiger partial charge in [0.2, 0.25) is 11.9 Å². The van der Waals surface area contributed by atoms with Crippen LogP contribution in [0.1, 0.15) is 23.7 Å². The van der Waals surface area contributed by atoms with Crippen molar-refractivity contribution in [3.05, 3.63) is 30.1 Å². The van der Waals surface area contributed by atoms with Gasteiger partial charge >= 0.3 is 0 Å². The van der Waals surface area contributed by atoms with E-state index in [9.17, 15) is 14.4 Å². The van der Waals surface area contributed by atoms with Gasteiger partial charge in [-0.25, -0.2) is 5.10 Å². The van der Waals surface area contributed by atoms with E-state index in [0.29, 0.717) is 17.0 Å². The van der Waals surface area contributed by atoms with E-state index in [1.165, 1.54) is 18.2 Å². The number of hydrogen-bond acceptors (Lipinski definition) is 6. The van der Waals surface area contributed by atoms with E-state index in [1.807, 2.05) is 0 Å². The molecular weight excluding hydrogens is 314 g/mol. The fraction of sp³-hybridized carbons (Fsp3) is 0.267. The molecule has 1 aliphatic heterocycles. The number of ketones is 1. The molecule has 0 bridgehead atoms. The number of aromatic nitrogens is 3. The van der Waals surface area contributed by atoms with E-state index >= 15 is 0 Å². The van der Waals surface area contributed by atoms with E-state index in [2.05, 4.69) is 20.5 Å². The number of rotatable bonds is 5. The molecule has 0 aliphatic carbocycles. The Bertz CT molecular complexity index is 787. The van der Waals surface area contributed by atoms with E-state index in [4.69, 9.17) is 4.74 Å². The average Bonchev–Trinajstić information content (AvgIpc) is 3.06. The maximum absolute atomic E-state index is 12.1. The molecule has 24 heavy (non-hydrogen) atoms. The molecule has 1 aliphatic rings. The number of hydrogen-bond donors (Lipinski definition) is 2. The molecule has 124 valence electrons. The Kier molecular flexibility index (Phi) is 4.23. The molecule has 1 aromatic carbocycles. The Morgan fingerprint density at radius 3 is 2.96 bits per heavy atom. The molecule has 0 fully saturated rings. The Hall–Kier alpha value is -3.23. The molecular formula is C15H15N5O4. The minimum absolute atomic E-state index is 0.0657. The SMILES string of the molecule is CC(=O)c1ccc2c(c1)N(CCC(=O)Nc1ncn[nH]1)C(=O)CO2. The van der Waals surface area contributed by atoms with Crippen LogP contribution in [0.5, 0.6) is 5.75 Å². The van der Waals surface area contributed by atoms with Crippen LogP contribution in [0.2, 0.25) is 0 Å². The van der Waals surface area contributed by atoms with Gasteiger partial charge in [0, 0.05) is 18.5 Å². The van der Waals surface area contributed by atoms with Crippen LogP contribution in [-0.2, 0) is 9.59 Å². The quantitative estimate of drug-likeness (QED) is 0.782. The topological polar surface area (TPSA) is 117 Å². The summed E-state index contributed by atoms with van der Waals surface area (Å²) in [6, 6.07) is 4.90. The maximum atomic E-state index is 12.1. The van der Waals surface area contributed by atoms with Gasteiger partial charge in [-0.05, 0) is 25.1 Å². The molecule has 0 saturated heterocycles. The first-order chi connectivity index (χ1) is 11.5. The fourth-order valence-electron chi connectivity index (χ4n) is 2.34. The third kappa shape index (κ3) is 3.24. The van der Waals surface area contributed by atoms with Crippen molar-refractivity contribution in [3.63, 3.8) is 0 Å². The molecule has 0 atom stereocenters. The number of nitrogens with one attached hydrogen (secondary N) is 2. The lowest BCUT2D eigenvalue weighted by Gasteiger charge is -2.29. The van der Waals surface area contributed by atoms with E-state index < -0.39 is 0 Å². The standard InChI is InChI=1S/C15H15N5O4/c1-9(21)10-2-3-12-11(6-10)20(14(23)7-24-12)5-4-13(22)18-15-16-8-17-19-15/h2-3,6,8H,4-5,7H2,1H3,(H2,16,17,18,19,22). The first kappa shape index (κ1) is 15.7. The highest BCUT2D eigenvalue weighted by molar-refractivity contribution is 6.01. The predicted molar refractivity (Wildman–Crippen MR) is 83.9 cm³/mol. The Labute approximate surface area is 137 Å². The number of amides is 2. The van der Waals surface area contributed by atoms with Crippen molar-refractivity contribution in [3.8, 4) is 5.75 Å². The largest absolute Gasteiger partial charge is 0.482 e. The molecule has 2 heterocycles. The second-order valence-corrected chi connectivity index (χ2v) is 5.20. The number of H-pyrrole nitrogens is 1. The van der Waals surface area contributed by atoms with Gasteiger partial charge in [-0.2, -0.15) is 10.1 Å². The highest BCUT2D eigenvalue weighted by Gasteiger charge is 2.26. The minimum atomic E-state index is -0.310. The zero-order valence-corrected chi connectivity index (χ0v) is 12.9. The Balaban J connectivity index is 1.73. The van der Waals surface area contributed by atoms with Crippen LogP contribution in [0.4, 0.5) is 11.6 Å². The third-order valence-corrected chi connectivity index (χ3v) is 3.54. The van der Waals surface area contributed by atoms with Gasteiger partial charge in [0.25, 0.3) is 5.91 Å². The van der Waals surface area contributed by atoms with Gasteiger partial charge in [0.05, 0.1) is 5.69 Å². The van der Waals surface area contributed by atoms with Crippen molar-refractivity contribution in [2.24, 2.45) is 0 Å². The number of aromatic amines is 1. The minimum Gasteiger partial charge on any atom is -0.482 e. The summed E-state index contributed by atoms with van der Waals surface area (Å²) in [5.41, 5.74) is 0.967. The summed E-state index contributed by atoms with van der Waals surface area (Å²) in [4.78, 5) is 40.8. The second kappa shape index (κ2) is 6.49. The van der Waals surface area contributed by atoms with Crippen LogP contribution in [0.3, 0.4) is 0 Å². The molecule has 2 amide bonds. The van der Waals surface area contributed by atoms with Crippen LogP contribution < -0.4 is 15.0 Å². The zero-order valence-electron chi connectivity index (χ0n) is 12.9. The summed E-state index contributed by atoms with van der Waals surface area (Å²) in [6.45, 7) is 1.51. The second-order valence-electron chi connectivity index (χ2n) is 5.20. The van der Waals surface area contributed by atoms with Crippen molar-refractivity contribution in [2.75, 3.05) is 23.4 Å². The summed E-state index contributed by atoms with van der Waals surface area (Å²) < 4.78 is 5.37. The summed E-state index contributed by atoms with van der Waals surface area (Å²) >= 11 is 0. The lowest BCUT2D eigenvalue weighted by Crippen LogP contribution is -2.40. The van der Waals surface area contributed by atoms with Crippen LogP contribution >= 0.6 is 0 Å². The number of benzene rings is 1. The summed E-state index contributed by atoms with van der Waals surface area (Å²) in [7, 11) is 0. The first-order valence-corrected chi connectivity index (χ1v) is 7.28. The average molecular weight is 329 g/mol. The maximum Gasteiger partial charge on any atom is 0.265 e. The van der Waals surface area contributed by atoms with Crippen molar-refractivity contribution in [2.45, 2.75) is 13.3 Å². The normalized spacial score (nSPS) is 13.2. The number of fused-ring (bicyclic) bond motifs is 1. The molecule has 0 unspecified atom stereocenters. The van der Waals surface area contributed by atoms with Gasteiger partial charge in [-0.1, -0.05) is 0 Å². The molecule has 9 nitrogen and oxygen atoms in total. The Morgan fingerprint density at radius 1 is 1.42 bits per heavy atom. The van der Waals surface area contributed by atoms with Gasteiger partial charge in [0.15, 0.2) is 12.4 Å². The van der Waals surface area contributed by atoms with Gasteiger partial charge in [-0.15, -0.1) is 0 Å². The fourth-order valence-corrected chi connectivity index (χ4v) is 2.34. The monoisotopic (exact) mass is 329 g/mol. The number of carbonyl (C=O) groups is 3. The van der Waals surface area contributed by atoms with Crippen molar-refractivity contribution in [1.29, 1.82) is 0 Å². The lowest BCUT2D eigenvalue weighted by atomic mass is 10.1. The predicted octanol–water partition coefficient (Wildman–Crippen LogP) is 0.761. The third-order valence-electron chi connectivity index (χ3n) is 3.54.